The summed E-state index contributed by atoms with van der Waals surface area (Å²) >= 11 is 0. The van der Waals surface area contributed by atoms with Gasteiger partial charge in [-0.15, -0.1) is 0 Å². The fourth-order valence-corrected chi connectivity index (χ4v) is 6.90. The maximum Gasteiger partial charge on any atom is 0.259 e. The number of imide groups is 1. The van der Waals surface area contributed by atoms with Crippen molar-refractivity contribution >= 4 is 39.4 Å². The van der Waals surface area contributed by atoms with Gasteiger partial charge in [-0.1, -0.05) is 24.3 Å². The predicted octanol–water partition coefficient (Wildman–Crippen LogP) is 3.81. The van der Waals surface area contributed by atoms with Crippen molar-refractivity contribution in [1.29, 1.82) is 0 Å². The summed E-state index contributed by atoms with van der Waals surface area (Å²) in [6.07, 6.45) is 8.34. The van der Waals surface area contributed by atoms with Crippen LogP contribution in [0, 0.1) is 5.41 Å². The lowest BCUT2D eigenvalue weighted by Crippen LogP contribution is -2.32. The Bertz CT molecular complexity index is 1600. The summed E-state index contributed by atoms with van der Waals surface area (Å²) in [7, 11) is 4.19. The van der Waals surface area contributed by atoms with Crippen molar-refractivity contribution in [1.82, 2.24) is 19.2 Å². The maximum absolute atomic E-state index is 13.4. The molecule has 4 aromatic rings. The molecule has 2 amide bonds. The normalized spacial score (nSPS) is 22.7. The van der Waals surface area contributed by atoms with Gasteiger partial charge in [0, 0.05) is 53.7 Å². The number of carbonyl (C=O) groups is 2. The Kier molecular flexibility index (Phi) is 4.25. The number of hydrogen-bond acceptors (Lipinski definition) is 3. The Morgan fingerprint density at radius 2 is 1.69 bits per heavy atom. The first-order valence-corrected chi connectivity index (χ1v) is 12.4. The van der Waals surface area contributed by atoms with E-state index in [9.17, 15) is 9.59 Å². The maximum atomic E-state index is 13.4. The van der Waals surface area contributed by atoms with Gasteiger partial charge in [0.1, 0.15) is 0 Å². The average Bonchev–Trinajstić information content (AvgIpc) is 3.56. The number of fused-ring (bicyclic) bond motifs is 4. The lowest BCUT2D eigenvalue weighted by atomic mass is 9.72. The zero-order valence-corrected chi connectivity index (χ0v) is 20.1. The first-order chi connectivity index (χ1) is 17.0. The van der Waals surface area contributed by atoms with Crippen molar-refractivity contribution in [2.75, 3.05) is 20.1 Å². The molecule has 1 aromatic carbocycles. The Labute approximate surface area is 203 Å². The molecule has 1 N–H and O–H groups in total. The highest BCUT2D eigenvalue weighted by Gasteiger charge is 2.43. The van der Waals surface area contributed by atoms with Gasteiger partial charge in [-0.2, -0.15) is 0 Å². The van der Waals surface area contributed by atoms with E-state index in [0.29, 0.717) is 16.6 Å². The van der Waals surface area contributed by atoms with Crippen LogP contribution in [0.1, 0.15) is 35.2 Å². The molecule has 3 aromatic heterocycles. The number of pyridine rings is 1. The smallest absolute Gasteiger partial charge is 0.259 e. The summed E-state index contributed by atoms with van der Waals surface area (Å²) in [5, 5.41) is 3.61. The van der Waals surface area contributed by atoms with E-state index in [1.165, 1.54) is 17.7 Å². The van der Waals surface area contributed by atoms with Gasteiger partial charge in [-0.05, 0) is 68.5 Å². The summed E-state index contributed by atoms with van der Waals surface area (Å²) in [6.45, 7) is 2.25. The minimum absolute atomic E-state index is 0.294. The number of nitrogens with zero attached hydrogens (tertiary/aromatic N) is 3. The number of likely N-dealkylation sites (tertiary alicyclic amines) is 1. The fraction of sp³-hybridized carbons (Fsp3) is 0.310. The third-order valence-corrected chi connectivity index (χ3v) is 8.48. The first-order valence-electron chi connectivity index (χ1n) is 12.4. The lowest BCUT2D eigenvalue weighted by Gasteiger charge is -2.34. The molecule has 1 aliphatic carbocycles. The number of benzene rings is 1. The molecule has 6 heteroatoms. The number of aromatic nitrogens is 2. The molecule has 6 nitrogen and oxygen atoms in total. The van der Waals surface area contributed by atoms with E-state index in [-0.39, 0.29) is 11.8 Å². The number of amides is 2. The standard InChI is InChI=1S/C29H28N4O2/c1-31-14-12-29(17-31)11-10-19-23(15-29)33-13-6-5-9-22(33)24(19)26-25(27(34)30-28(26)35)20-16-32(2)21-8-4-3-7-18(20)21/h3-9,13,16H,10-12,14-15,17H2,1-2H3,(H,30,34,35). The number of nitrogens with one attached hydrogen (secondary N) is 1. The van der Waals surface area contributed by atoms with E-state index in [1.807, 2.05) is 48.1 Å². The van der Waals surface area contributed by atoms with Crippen LogP contribution in [0.5, 0.6) is 0 Å². The van der Waals surface area contributed by atoms with Gasteiger partial charge in [0.15, 0.2) is 0 Å². The van der Waals surface area contributed by atoms with Crippen LogP contribution in [0.4, 0.5) is 0 Å². The fourth-order valence-electron chi connectivity index (χ4n) is 6.90. The quantitative estimate of drug-likeness (QED) is 0.459. The van der Waals surface area contributed by atoms with Crippen LogP contribution in [0.25, 0.3) is 27.6 Å². The van der Waals surface area contributed by atoms with Crippen LogP contribution in [-0.2, 0) is 29.5 Å². The Hall–Kier alpha value is -3.64. The van der Waals surface area contributed by atoms with Crippen molar-refractivity contribution in [2.24, 2.45) is 12.5 Å². The molecule has 0 bridgehead atoms. The zero-order chi connectivity index (χ0) is 23.9. The van der Waals surface area contributed by atoms with Crippen LogP contribution < -0.4 is 5.32 Å². The summed E-state index contributed by atoms with van der Waals surface area (Å²) in [5.41, 5.74) is 7.65. The molecular formula is C29H28N4O2. The predicted molar refractivity (Wildman–Crippen MR) is 137 cm³/mol. The molecule has 2 aliphatic heterocycles. The van der Waals surface area contributed by atoms with E-state index >= 15 is 0 Å². The van der Waals surface area contributed by atoms with Crippen molar-refractivity contribution in [3.05, 3.63) is 77.2 Å². The van der Waals surface area contributed by atoms with E-state index in [0.717, 1.165) is 59.9 Å². The Morgan fingerprint density at radius 3 is 2.51 bits per heavy atom. The second-order valence-electron chi connectivity index (χ2n) is 10.6. The van der Waals surface area contributed by atoms with E-state index < -0.39 is 0 Å². The van der Waals surface area contributed by atoms with Gasteiger partial charge in [-0.3, -0.25) is 14.9 Å². The molecule has 1 atom stereocenters. The number of rotatable bonds is 2. The topological polar surface area (TPSA) is 58.8 Å². The van der Waals surface area contributed by atoms with Crippen LogP contribution in [0.2, 0.25) is 0 Å². The molecule has 0 radical (unpaired) electrons. The minimum atomic E-state index is -0.310. The monoisotopic (exact) mass is 464 g/mol. The van der Waals surface area contributed by atoms with E-state index in [2.05, 4.69) is 40.0 Å². The second kappa shape index (κ2) is 7.18. The highest BCUT2D eigenvalue weighted by Crippen LogP contribution is 2.47. The molecule has 1 saturated heterocycles. The summed E-state index contributed by atoms with van der Waals surface area (Å²) < 4.78 is 4.30. The zero-order valence-electron chi connectivity index (χ0n) is 20.1. The number of para-hydroxylation sites is 1. The Balaban J connectivity index is 1.51. The van der Waals surface area contributed by atoms with E-state index in [4.69, 9.17) is 0 Å². The van der Waals surface area contributed by atoms with Crippen molar-refractivity contribution in [3.8, 4) is 0 Å². The molecule has 0 saturated carbocycles. The van der Waals surface area contributed by atoms with Crippen molar-refractivity contribution < 1.29 is 9.59 Å². The molecule has 1 spiro atoms. The highest BCUT2D eigenvalue weighted by molar-refractivity contribution is 6.50. The van der Waals surface area contributed by atoms with Crippen molar-refractivity contribution in [2.45, 2.75) is 25.7 Å². The third-order valence-electron chi connectivity index (χ3n) is 8.48. The number of aryl methyl sites for hydroxylation is 1. The third kappa shape index (κ3) is 2.86. The van der Waals surface area contributed by atoms with Crippen LogP contribution in [0.3, 0.4) is 0 Å². The second-order valence-corrected chi connectivity index (χ2v) is 10.6. The minimum Gasteiger partial charge on any atom is -0.350 e. The molecular weight excluding hydrogens is 436 g/mol. The molecule has 5 heterocycles. The lowest BCUT2D eigenvalue weighted by molar-refractivity contribution is -0.122. The molecule has 7 rings (SSSR count). The Morgan fingerprint density at radius 1 is 0.914 bits per heavy atom. The number of hydrogen-bond donors (Lipinski definition) is 1. The first kappa shape index (κ1) is 20.7. The largest absolute Gasteiger partial charge is 0.350 e. The molecule has 35 heavy (non-hydrogen) atoms. The van der Waals surface area contributed by atoms with Gasteiger partial charge in [0.25, 0.3) is 11.8 Å². The van der Waals surface area contributed by atoms with Crippen molar-refractivity contribution in [3.63, 3.8) is 0 Å². The van der Waals surface area contributed by atoms with Gasteiger partial charge in [0.2, 0.25) is 0 Å². The SMILES string of the molecule is CN1CCC2(CCc3c(C4=C(c5cn(C)c6ccccc56)C(=O)NC4=O)c4ccccn4c3C2)C1. The summed E-state index contributed by atoms with van der Waals surface area (Å²) in [6, 6.07) is 14.2. The van der Waals surface area contributed by atoms with Crippen LogP contribution >= 0.6 is 0 Å². The summed E-state index contributed by atoms with van der Waals surface area (Å²) in [4.78, 5) is 29.1. The molecule has 3 aliphatic rings. The van der Waals surface area contributed by atoms with Gasteiger partial charge in [0.05, 0.1) is 16.7 Å². The van der Waals surface area contributed by atoms with Crippen LogP contribution in [0.15, 0.2) is 54.9 Å². The summed E-state index contributed by atoms with van der Waals surface area (Å²) in [5.74, 6) is -0.604. The van der Waals surface area contributed by atoms with Crippen LogP contribution in [-0.4, -0.2) is 45.8 Å². The molecule has 1 unspecified atom stereocenters. The number of carbonyl (C=O) groups excluding carboxylic acids is 2. The molecule has 176 valence electrons. The van der Waals surface area contributed by atoms with Gasteiger partial charge in [-0.25, -0.2) is 0 Å². The van der Waals surface area contributed by atoms with Gasteiger partial charge >= 0.3 is 0 Å². The average molecular weight is 465 g/mol. The van der Waals surface area contributed by atoms with E-state index in [1.54, 1.807) is 0 Å². The highest BCUT2D eigenvalue weighted by atomic mass is 16.2. The molecule has 1 fully saturated rings. The van der Waals surface area contributed by atoms with Gasteiger partial charge < -0.3 is 13.9 Å².